The van der Waals surface area contributed by atoms with Crippen LogP contribution in [0.15, 0.2) is 24.3 Å². The van der Waals surface area contributed by atoms with Gasteiger partial charge in [0.1, 0.15) is 5.82 Å². The Hall–Kier alpha value is -1.49. The lowest BCUT2D eigenvalue weighted by atomic mass is 10.2. The largest absolute Gasteiger partial charge is 0.354 e. The Morgan fingerprint density at radius 2 is 2.00 bits per heavy atom. The molecule has 0 unspecified atom stereocenters. The zero-order valence-electron chi connectivity index (χ0n) is 11.1. The number of nitrogens with one attached hydrogen (secondary N) is 1. The number of thioether (sulfide) groups is 1. The molecule has 2 heterocycles. The van der Waals surface area contributed by atoms with Crippen LogP contribution in [0.4, 0.5) is 11.8 Å². The van der Waals surface area contributed by atoms with Gasteiger partial charge in [0.25, 0.3) is 0 Å². The van der Waals surface area contributed by atoms with Crippen LogP contribution in [0, 0.1) is 0 Å². The minimum atomic E-state index is 0.731. The third kappa shape index (κ3) is 2.61. The zero-order valence-corrected chi connectivity index (χ0v) is 11.9. The van der Waals surface area contributed by atoms with Gasteiger partial charge in [-0.25, -0.2) is 4.98 Å². The highest BCUT2D eigenvalue weighted by Gasteiger charge is 2.16. The molecule has 0 saturated carbocycles. The summed E-state index contributed by atoms with van der Waals surface area (Å²) in [6.07, 6.45) is 0. The Morgan fingerprint density at radius 1 is 1.21 bits per heavy atom. The van der Waals surface area contributed by atoms with E-state index < -0.39 is 0 Å². The summed E-state index contributed by atoms with van der Waals surface area (Å²) < 4.78 is 0. The fourth-order valence-electron chi connectivity index (χ4n) is 2.31. The second kappa shape index (κ2) is 5.65. The monoisotopic (exact) mass is 274 g/mol. The molecule has 100 valence electrons. The molecule has 0 bridgehead atoms. The Morgan fingerprint density at radius 3 is 2.79 bits per heavy atom. The first-order chi connectivity index (χ1) is 9.38. The Kier molecular flexibility index (Phi) is 3.73. The molecule has 1 aliphatic heterocycles. The zero-order chi connectivity index (χ0) is 13.1. The smallest absolute Gasteiger partial charge is 0.225 e. The highest BCUT2D eigenvalue weighted by atomic mass is 32.2. The van der Waals surface area contributed by atoms with Crippen LogP contribution in [-0.2, 0) is 0 Å². The molecule has 0 spiro atoms. The summed E-state index contributed by atoms with van der Waals surface area (Å²) in [7, 11) is 0. The van der Waals surface area contributed by atoms with E-state index in [-0.39, 0.29) is 0 Å². The lowest BCUT2D eigenvalue weighted by Gasteiger charge is -2.28. The van der Waals surface area contributed by atoms with Gasteiger partial charge in [0.15, 0.2) is 0 Å². The Labute approximate surface area is 117 Å². The number of benzene rings is 1. The molecule has 19 heavy (non-hydrogen) atoms. The van der Waals surface area contributed by atoms with Crippen molar-refractivity contribution in [3.05, 3.63) is 24.3 Å². The number of para-hydroxylation sites is 1. The lowest BCUT2D eigenvalue weighted by molar-refractivity contribution is 0.842. The van der Waals surface area contributed by atoms with Crippen molar-refractivity contribution in [2.75, 3.05) is 41.4 Å². The van der Waals surface area contributed by atoms with Gasteiger partial charge >= 0.3 is 0 Å². The van der Waals surface area contributed by atoms with Crippen LogP contribution in [0.3, 0.4) is 0 Å². The summed E-state index contributed by atoms with van der Waals surface area (Å²) in [6, 6.07) is 8.25. The van der Waals surface area contributed by atoms with Gasteiger partial charge in [-0.15, -0.1) is 0 Å². The summed E-state index contributed by atoms with van der Waals surface area (Å²) in [5.74, 6) is 4.15. The summed E-state index contributed by atoms with van der Waals surface area (Å²) in [5.41, 5.74) is 1.02. The first-order valence-electron chi connectivity index (χ1n) is 6.72. The number of fused-ring (bicyclic) bond motifs is 1. The van der Waals surface area contributed by atoms with Crippen LogP contribution >= 0.6 is 11.8 Å². The SMILES string of the molecule is CCNc1nc(N2CCSCC2)c2ccccc2n1. The van der Waals surface area contributed by atoms with Crippen molar-refractivity contribution in [2.24, 2.45) is 0 Å². The average Bonchev–Trinajstić information content (AvgIpc) is 2.48. The molecule has 1 saturated heterocycles. The van der Waals surface area contributed by atoms with E-state index in [1.807, 2.05) is 17.8 Å². The predicted molar refractivity (Wildman–Crippen MR) is 83.2 cm³/mol. The maximum Gasteiger partial charge on any atom is 0.225 e. The first kappa shape index (κ1) is 12.5. The van der Waals surface area contributed by atoms with Crippen LogP contribution in [-0.4, -0.2) is 41.1 Å². The van der Waals surface area contributed by atoms with Gasteiger partial charge in [0.05, 0.1) is 5.52 Å². The van der Waals surface area contributed by atoms with E-state index in [9.17, 15) is 0 Å². The van der Waals surface area contributed by atoms with Crippen molar-refractivity contribution < 1.29 is 0 Å². The quantitative estimate of drug-likeness (QED) is 0.931. The number of rotatable bonds is 3. The first-order valence-corrected chi connectivity index (χ1v) is 7.87. The molecule has 0 amide bonds. The van der Waals surface area contributed by atoms with Crippen molar-refractivity contribution in [3.63, 3.8) is 0 Å². The third-order valence-electron chi connectivity index (χ3n) is 3.23. The van der Waals surface area contributed by atoms with Crippen molar-refractivity contribution in [3.8, 4) is 0 Å². The molecule has 2 aromatic rings. The van der Waals surface area contributed by atoms with Crippen molar-refractivity contribution >= 4 is 34.4 Å². The summed E-state index contributed by atoms with van der Waals surface area (Å²) in [5, 5.41) is 4.37. The predicted octanol–water partition coefficient (Wildman–Crippen LogP) is 2.61. The molecule has 1 aromatic carbocycles. The van der Waals surface area contributed by atoms with Crippen LogP contribution in [0.25, 0.3) is 10.9 Å². The minimum absolute atomic E-state index is 0.731. The standard InChI is InChI=1S/C14H18N4S/c1-2-15-14-16-12-6-4-3-5-11(12)13(17-14)18-7-9-19-10-8-18/h3-6H,2,7-10H2,1H3,(H,15,16,17). The molecule has 4 nitrogen and oxygen atoms in total. The molecule has 1 aromatic heterocycles. The number of anilines is 2. The second-order valence-electron chi connectivity index (χ2n) is 4.52. The molecule has 1 aliphatic rings. The average molecular weight is 274 g/mol. The Bertz CT molecular complexity index is 566. The van der Waals surface area contributed by atoms with E-state index in [4.69, 9.17) is 4.98 Å². The second-order valence-corrected chi connectivity index (χ2v) is 5.74. The van der Waals surface area contributed by atoms with Crippen LogP contribution < -0.4 is 10.2 Å². The van der Waals surface area contributed by atoms with Crippen LogP contribution in [0.2, 0.25) is 0 Å². The van der Waals surface area contributed by atoms with E-state index in [1.165, 1.54) is 11.5 Å². The van der Waals surface area contributed by atoms with E-state index in [0.29, 0.717) is 0 Å². The minimum Gasteiger partial charge on any atom is -0.354 e. The molecule has 5 heteroatoms. The molecule has 1 N–H and O–H groups in total. The molecule has 3 rings (SSSR count). The maximum atomic E-state index is 4.71. The molecular weight excluding hydrogens is 256 g/mol. The Balaban J connectivity index is 2.08. The van der Waals surface area contributed by atoms with E-state index in [0.717, 1.165) is 42.3 Å². The van der Waals surface area contributed by atoms with Gasteiger partial charge in [-0.2, -0.15) is 16.7 Å². The van der Waals surface area contributed by atoms with Gasteiger partial charge in [-0.1, -0.05) is 12.1 Å². The number of hydrogen-bond acceptors (Lipinski definition) is 5. The van der Waals surface area contributed by atoms with Crippen LogP contribution in [0.1, 0.15) is 6.92 Å². The maximum absolute atomic E-state index is 4.71. The normalized spacial score (nSPS) is 15.7. The van der Waals surface area contributed by atoms with Gasteiger partial charge in [-0.3, -0.25) is 0 Å². The number of hydrogen-bond donors (Lipinski definition) is 1. The number of nitrogens with zero attached hydrogens (tertiary/aromatic N) is 3. The highest BCUT2D eigenvalue weighted by Crippen LogP contribution is 2.27. The van der Waals surface area contributed by atoms with Crippen molar-refractivity contribution in [1.82, 2.24) is 9.97 Å². The van der Waals surface area contributed by atoms with Crippen molar-refractivity contribution in [2.45, 2.75) is 6.92 Å². The van der Waals surface area contributed by atoms with Crippen LogP contribution in [0.5, 0.6) is 0 Å². The summed E-state index contributed by atoms with van der Waals surface area (Å²) >= 11 is 2.01. The fraction of sp³-hybridized carbons (Fsp3) is 0.429. The number of aromatic nitrogens is 2. The van der Waals surface area contributed by atoms with E-state index >= 15 is 0 Å². The molecule has 0 radical (unpaired) electrons. The van der Waals surface area contributed by atoms with E-state index in [2.05, 4.69) is 40.3 Å². The summed E-state index contributed by atoms with van der Waals surface area (Å²) in [4.78, 5) is 11.7. The summed E-state index contributed by atoms with van der Waals surface area (Å²) in [6.45, 7) is 5.04. The van der Waals surface area contributed by atoms with Gasteiger partial charge in [0.2, 0.25) is 5.95 Å². The molecule has 1 fully saturated rings. The third-order valence-corrected chi connectivity index (χ3v) is 4.17. The molecular formula is C14H18N4S. The lowest BCUT2D eigenvalue weighted by Crippen LogP contribution is -2.33. The van der Waals surface area contributed by atoms with Gasteiger partial charge in [-0.05, 0) is 19.1 Å². The highest BCUT2D eigenvalue weighted by molar-refractivity contribution is 7.99. The fourth-order valence-corrected chi connectivity index (χ4v) is 3.22. The topological polar surface area (TPSA) is 41.1 Å². The molecule has 0 aliphatic carbocycles. The van der Waals surface area contributed by atoms with Gasteiger partial charge in [0, 0.05) is 36.5 Å². The van der Waals surface area contributed by atoms with Crippen molar-refractivity contribution in [1.29, 1.82) is 0 Å². The van der Waals surface area contributed by atoms with Gasteiger partial charge < -0.3 is 10.2 Å². The molecule has 0 atom stereocenters. The van der Waals surface area contributed by atoms with E-state index in [1.54, 1.807) is 0 Å².